The van der Waals surface area contributed by atoms with Crippen molar-refractivity contribution in [2.45, 2.75) is 26.8 Å². The molecule has 33 heavy (non-hydrogen) atoms. The van der Waals surface area contributed by atoms with Gasteiger partial charge in [0.2, 0.25) is 0 Å². The van der Waals surface area contributed by atoms with E-state index >= 15 is 0 Å². The first-order valence-corrected chi connectivity index (χ1v) is 11.5. The normalized spacial score (nSPS) is 11.1. The second-order valence-electron chi connectivity index (χ2n) is 8.25. The van der Waals surface area contributed by atoms with E-state index in [0.29, 0.717) is 33.5 Å². The minimum atomic E-state index is -0.558. The van der Waals surface area contributed by atoms with Gasteiger partial charge in [-0.25, -0.2) is 4.68 Å². The number of amides is 1. The topological polar surface area (TPSA) is 58.4 Å². The smallest absolute Gasteiger partial charge is 0.295 e. The highest BCUT2D eigenvalue weighted by molar-refractivity contribution is 6.43. The number of benzene rings is 2. The number of aromatic nitrogens is 2. The van der Waals surface area contributed by atoms with Crippen LogP contribution in [0, 0.1) is 13.8 Å². The van der Waals surface area contributed by atoms with Crippen LogP contribution >= 0.6 is 23.2 Å². The molecule has 0 aliphatic rings. The molecule has 0 atom stereocenters. The number of hydrogen-bond donors (Lipinski definition) is 0. The molecule has 0 saturated heterocycles. The second kappa shape index (κ2) is 11.0. The minimum absolute atomic E-state index is 0.264. The Labute approximate surface area is 204 Å². The van der Waals surface area contributed by atoms with Gasteiger partial charge in [-0.3, -0.25) is 9.59 Å². The van der Waals surface area contributed by atoms with Crippen LogP contribution < -0.4 is 0 Å². The third-order valence-electron chi connectivity index (χ3n) is 5.39. The first kappa shape index (κ1) is 25.0. The fourth-order valence-electron chi connectivity index (χ4n) is 3.73. The molecule has 0 spiro atoms. The fourth-order valence-corrected chi connectivity index (χ4v) is 4.05. The van der Waals surface area contributed by atoms with E-state index in [9.17, 15) is 9.59 Å². The molecule has 3 aromatic rings. The first-order chi connectivity index (χ1) is 15.7. The molecule has 1 amide bonds. The summed E-state index contributed by atoms with van der Waals surface area (Å²) in [7, 11) is 3.95. The van der Waals surface area contributed by atoms with Crippen molar-refractivity contribution in [2.24, 2.45) is 0 Å². The third kappa shape index (κ3) is 6.02. The lowest BCUT2D eigenvalue weighted by Gasteiger charge is -2.23. The van der Waals surface area contributed by atoms with Gasteiger partial charge in [-0.05, 0) is 70.7 Å². The second-order valence-corrected chi connectivity index (χ2v) is 9.07. The van der Waals surface area contributed by atoms with Crippen LogP contribution in [-0.2, 0) is 11.3 Å². The van der Waals surface area contributed by atoms with Crippen LogP contribution in [-0.4, -0.2) is 58.5 Å². The molecule has 0 unspecified atom stereocenters. The van der Waals surface area contributed by atoms with E-state index < -0.39 is 11.7 Å². The Kier molecular flexibility index (Phi) is 8.30. The van der Waals surface area contributed by atoms with Gasteiger partial charge in [-0.2, -0.15) is 5.10 Å². The van der Waals surface area contributed by atoms with E-state index in [1.165, 1.54) is 0 Å². The standard InChI is InChI=1S/C25H28Cl2N4O2/c1-17-23(18(2)31(28-17)20-9-6-5-7-10-20)24(32)25(33)30(14-8-13-29(3)4)16-19-11-12-21(26)22(27)15-19/h5-7,9-12,15H,8,13-14,16H2,1-4H3. The molecule has 0 aliphatic heterocycles. The zero-order valence-corrected chi connectivity index (χ0v) is 20.8. The van der Waals surface area contributed by atoms with Crippen LogP contribution in [0.15, 0.2) is 48.5 Å². The van der Waals surface area contributed by atoms with Crippen LogP contribution in [0.3, 0.4) is 0 Å². The molecule has 8 heteroatoms. The van der Waals surface area contributed by atoms with Crippen molar-refractivity contribution in [1.82, 2.24) is 19.6 Å². The highest BCUT2D eigenvalue weighted by atomic mass is 35.5. The molecule has 0 fully saturated rings. The van der Waals surface area contributed by atoms with Gasteiger partial charge in [0.05, 0.1) is 32.7 Å². The summed E-state index contributed by atoms with van der Waals surface area (Å²) in [5.41, 5.74) is 3.15. The molecule has 6 nitrogen and oxygen atoms in total. The average molecular weight is 487 g/mol. The highest BCUT2D eigenvalue weighted by Crippen LogP contribution is 2.24. The largest absolute Gasteiger partial charge is 0.331 e. The molecule has 0 aliphatic carbocycles. The number of nitrogens with zero attached hydrogens (tertiary/aromatic N) is 4. The number of halogens is 2. The molecule has 0 bridgehead atoms. The molecule has 0 saturated carbocycles. The quantitative estimate of drug-likeness (QED) is 0.316. The molecule has 174 valence electrons. The van der Waals surface area contributed by atoms with Gasteiger partial charge in [0.15, 0.2) is 0 Å². The number of hydrogen-bond acceptors (Lipinski definition) is 4. The highest BCUT2D eigenvalue weighted by Gasteiger charge is 2.29. The fraction of sp³-hybridized carbons (Fsp3) is 0.320. The Bertz CT molecular complexity index is 1140. The summed E-state index contributed by atoms with van der Waals surface area (Å²) in [6.07, 6.45) is 0.731. The molecule has 0 radical (unpaired) electrons. The Morgan fingerprint density at radius 2 is 1.67 bits per heavy atom. The minimum Gasteiger partial charge on any atom is -0.331 e. The number of Topliss-reactive ketones (excluding diaryl/α,β-unsaturated/α-hetero) is 1. The number of para-hydroxylation sites is 1. The van der Waals surface area contributed by atoms with Crippen molar-refractivity contribution in [1.29, 1.82) is 0 Å². The lowest BCUT2D eigenvalue weighted by Crippen LogP contribution is -2.38. The Morgan fingerprint density at radius 1 is 0.970 bits per heavy atom. The summed E-state index contributed by atoms with van der Waals surface area (Å²) in [6, 6.07) is 14.8. The van der Waals surface area contributed by atoms with Gasteiger partial charge in [-0.1, -0.05) is 47.5 Å². The first-order valence-electron chi connectivity index (χ1n) is 10.7. The van der Waals surface area contributed by atoms with Crippen molar-refractivity contribution in [3.05, 3.63) is 81.1 Å². The summed E-state index contributed by atoms with van der Waals surface area (Å²) in [4.78, 5) is 30.4. The summed E-state index contributed by atoms with van der Waals surface area (Å²) >= 11 is 12.2. The van der Waals surface area contributed by atoms with Gasteiger partial charge >= 0.3 is 0 Å². The van der Waals surface area contributed by atoms with Gasteiger partial charge in [0.1, 0.15) is 0 Å². The maximum Gasteiger partial charge on any atom is 0.295 e. The van der Waals surface area contributed by atoms with E-state index in [4.69, 9.17) is 23.2 Å². The van der Waals surface area contributed by atoms with Crippen molar-refractivity contribution in [2.75, 3.05) is 27.2 Å². The van der Waals surface area contributed by atoms with Gasteiger partial charge in [-0.15, -0.1) is 0 Å². The predicted octanol–water partition coefficient (Wildman–Crippen LogP) is 4.96. The molecule has 3 rings (SSSR count). The maximum atomic E-state index is 13.4. The Balaban J connectivity index is 1.89. The summed E-state index contributed by atoms with van der Waals surface area (Å²) < 4.78 is 1.70. The van der Waals surface area contributed by atoms with Crippen LogP contribution in [0.25, 0.3) is 5.69 Å². The van der Waals surface area contributed by atoms with E-state index in [1.807, 2.05) is 62.3 Å². The third-order valence-corrected chi connectivity index (χ3v) is 6.13. The molecule has 1 heterocycles. The van der Waals surface area contributed by atoms with E-state index in [0.717, 1.165) is 24.2 Å². The zero-order valence-electron chi connectivity index (χ0n) is 19.3. The van der Waals surface area contributed by atoms with E-state index in [1.54, 1.807) is 28.6 Å². The van der Waals surface area contributed by atoms with Crippen molar-refractivity contribution in [3.8, 4) is 5.69 Å². The SMILES string of the molecule is Cc1nn(-c2ccccc2)c(C)c1C(=O)C(=O)N(CCCN(C)C)Cc1ccc(Cl)c(Cl)c1. The summed E-state index contributed by atoms with van der Waals surface area (Å²) in [5.74, 6) is -1.12. The van der Waals surface area contributed by atoms with Crippen LogP contribution in [0.5, 0.6) is 0 Å². The van der Waals surface area contributed by atoms with Gasteiger partial charge in [0, 0.05) is 13.1 Å². The number of aryl methyl sites for hydroxylation is 1. The molecule has 2 aromatic carbocycles. The Hall–Kier alpha value is -2.67. The number of rotatable bonds is 9. The van der Waals surface area contributed by atoms with Crippen LogP contribution in [0.1, 0.15) is 33.7 Å². The van der Waals surface area contributed by atoms with Crippen molar-refractivity contribution < 1.29 is 9.59 Å². The lowest BCUT2D eigenvalue weighted by atomic mass is 10.1. The zero-order chi connectivity index (χ0) is 24.1. The number of carbonyl (C=O) groups is 2. The summed E-state index contributed by atoms with van der Waals surface area (Å²) in [6.45, 7) is 5.06. The van der Waals surface area contributed by atoms with E-state index in [2.05, 4.69) is 5.10 Å². The molecule has 0 N–H and O–H groups in total. The molecular formula is C25H28Cl2N4O2. The molecule has 1 aromatic heterocycles. The average Bonchev–Trinajstić information content (AvgIpc) is 3.08. The number of ketones is 1. The van der Waals surface area contributed by atoms with Crippen LogP contribution in [0.4, 0.5) is 0 Å². The maximum absolute atomic E-state index is 13.4. The van der Waals surface area contributed by atoms with Gasteiger partial charge in [0.25, 0.3) is 11.7 Å². The van der Waals surface area contributed by atoms with Crippen LogP contribution in [0.2, 0.25) is 10.0 Å². The van der Waals surface area contributed by atoms with Crippen molar-refractivity contribution >= 4 is 34.9 Å². The monoisotopic (exact) mass is 486 g/mol. The molecular weight excluding hydrogens is 459 g/mol. The predicted molar refractivity (Wildman–Crippen MR) is 132 cm³/mol. The van der Waals surface area contributed by atoms with E-state index in [-0.39, 0.29) is 6.54 Å². The number of carbonyl (C=O) groups excluding carboxylic acids is 2. The Morgan fingerprint density at radius 3 is 2.30 bits per heavy atom. The van der Waals surface area contributed by atoms with Gasteiger partial charge < -0.3 is 9.80 Å². The lowest BCUT2D eigenvalue weighted by molar-refractivity contribution is -0.127. The summed E-state index contributed by atoms with van der Waals surface area (Å²) in [5, 5.41) is 5.38. The van der Waals surface area contributed by atoms with Crippen molar-refractivity contribution in [3.63, 3.8) is 0 Å².